The minimum absolute atomic E-state index is 0.0198. The maximum atomic E-state index is 13.1. The number of nitrogens with zero attached hydrogens (tertiary/aromatic N) is 2. The molecule has 1 saturated heterocycles. The van der Waals surface area contributed by atoms with E-state index in [1.165, 1.54) is 18.1 Å². The molecule has 0 spiro atoms. The van der Waals surface area contributed by atoms with Crippen molar-refractivity contribution in [2.24, 2.45) is 0 Å². The van der Waals surface area contributed by atoms with Gasteiger partial charge in [-0.05, 0) is 62.0 Å². The van der Waals surface area contributed by atoms with E-state index in [0.29, 0.717) is 34.9 Å². The van der Waals surface area contributed by atoms with E-state index in [2.05, 4.69) is 18.7 Å². The molecule has 176 valence electrons. The number of rotatable bonds is 9. The number of hydrogen-bond donors (Lipinski definition) is 1. The molecule has 0 saturated carbocycles. The van der Waals surface area contributed by atoms with Crippen LogP contribution in [0.2, 0.25) is 10.0 Å². The first-order valence-corrected chi connectivity index (χ1v) is 11.7. The number of halogens is 2. The highest BCUT2D eigenvalue weighted by Gasteiger charge is 2.45. The van der Waals surface area contributed by atoms with Crippen LogP contribution >= 0.6 is 23.2 Å². The van der Waals surface area contributed by atoms with Gasteiger partial charge in [-0.1, -0.05) is 49.2 Å². The predicted molar refractivity (Wildman–Crippen MR) is 131 cm³/mol. The molecule has 0 aromatic heterocycles. The Morgan fingerprint density at radius 3 is 2.45 bits per heavy atom. The Morgan fingerprint density at radius 1 is 1.12 bits per heavy atom. The summed E-state index contributed by atoms with van der Waals surface area (Å²) in [5.74, 6) is -1.21. The summed E-state index contributed by atoms with van der Waals surface area (Å²) in [4.78, 5) is 29.9. The van der Waals surface area contributed by atoms with Crippen LogP contribution in [0.15, 0.2) is 48.0 Å². The van der Waals surface area contributed by atoms with E-state index in [1.807, 2.05) is 0 Å². The molecule has 2 aromatic carbocycles. The maximum absolute atomic E-state index is 13.1. The highest BCUT2D eigenvalue weighted by Crippen LogP contribution is 2.40. The Bertz CT molecular complexity index is 1070. The standard InChI is InChI=1S/C25H28Cl2N2O4/c1-4-28(5-2)12-7-13-29-22(16-8-6-9-18(26)14-16)21(24(31)25(29)32)23(30)17-10-11-20(33-3)19(27)15-17/h6,8-11,14-15,22,30H,4-5,7,12-13H2,1-3H3. The first-order valence-electron chi connectivity index (χ1n) is 10.9. The number of likely N-dealkylation sites (tertiary alicyclic amines) is 1. The molecule has 1 aliphatic heterocycles. The molecule has 0 aliphatic carbocycles. The zero-order valence-corrected chi connectivity index (χ0v) is 20.5. The second kappa shape index (κ2) is 11.1. The van der Waals surface area contributed by atoms with Gasteiger partial charge in [0.05, 0.1) is 23.7 Å². The summed E-state index contributed by atoms with van der Waals surface area (Å²) in [5.41, 5.74) is 1.01. The van der Waals surface area contributed by atoms with Gasteiger partial charge in [0.1, 0.15) is 11.5 Å². The van der Waals surface area contributed by atoms with E-state index in [4.69, 9.17) is 27.9 Å². The maximum Gasteiger partial charge on any atom is 0.295 e. The van der Waals surface area contributed by atoms with Gasteiger partial charge < -0.3 is 19.6 Å². The third kappa shape index (κ3) is 5.35. The molecule has 6 nitrogen and oxygen atoms in total. The second-order valence-electron chi connectivity index (χ2n) is 7.78. The highest BCUT2D eigenvalue weighted by molar-refractivity contribution is 6.46. The normalized spacial score (nSPS) is 17.8. The van der Waals surface area contributed by atoms with Crippen LogP contribution in [0.3, 0.4) is 0 Å². The van der Waals surface area contributed by atoms with Gasteiger partial charge in [0, 0.05) is 17.1 Å². The van der Waals surface area contributed by atoms with Crippen molar-refractivity contribution in [2.45, 2.75) is 26.3 Å². The number of hydrogen-bond acceptors (Lipinski definition) is 5. The van der Waals surface area contributed by atoms with Gasteiger partial charge in [-0.3, -0.25) is 9.59 Å². The van der Waals surface area contributed by atoms with Gasteiger partial charge in [0.15, 0.2) is 0 Å². The molecular formula is C25H28Cl2N2O4. The van der Waals surface area contributed by atoms with Crippen molar-refractivity contribution in [1.29, 1.82) is 0 Å². The van der Waals surface area contributed by atoms with Crippen LogP contribution in [0.4, 0.5) is 0 Å². The lowest BCUT2D eigenvalue weighted by atomic mass is 9.95. The van der Waals surface area contributed by atoms with Crippen molar-refractivity contribution < 1.29 is 19.4 Å². The van der Waals surface area contributed by atoms with Crippen LogP contribution < -0.4 is 4.74 Å². The first kappa shape index (κ1) is 25.1. The van der Waals surface area contributed by atoms with E-state index in [1.54, 1.807) is 36.4 Å². The molecule has 0 radical (unpaired) electrons. The minimum Gasteiger partial charge on any atom is -0.507 e. The molecule has 1 heterocycles. The van der Waals surface area contributed by atoms with Crippen molar-refractivity contribution in [3.63, 3.8) is 0 Å². The zero-order valence-electron chi connectivity index (χ0n) is 19.0. The van der Waals surface area contributed by atoms with E-state index >= 15 is 0 Å². The lowest BCUT2D eigenvalue weighted by Gasteiger charge is -2.27. The topological polar surface area (TPSA) is 70.1 Å². The van der Waals surface area contributed by atoms with Crippen molar-refractivity contribution >= 4 is 40.7 Å². The third-order valence-electron chi connectivity index (χ3n) is 5.90. The Labute approximate surface area is 204 Å². The SMILES string of the molecule is CCN(CC)CCCN1C(=O)C(=O)C(=C(O)c2ccc(OC)c(Cl)c2)C1c1cccc(Cl)c1. The molecule has 1 fully saturated rings. The number of aliphatic hydroxyl groups excluding tert-OH is 1. The molecule has 1 unspecified atom stereocenters. The lowest BCUT2D eigenvalue weighted by molar-refractivity contribution is -0.140. The van der Waals surface area contributed by atoms with Crippen molar-refractivity contribution in [2.75, 3.05) is 33.3 Å². The molecule has 1 N–H and O–H groups in total. The summed E-state index contributed by atoms with van der Waals surface area (Å²) >= 11 is 12.5. The van der Waals surface area contributed by atoms with Gasteiger partial charge in [-0.2, -0.15) is 0 Å². The van der Waals surface area contributed by atoms with Crippen LogP contribution in [0.25, 0.3) is 5.76 Å². The van der Waals surface area contributed by atoms with E-state index in [-0.39, 0.29) is 16.4 Å². The van der Waals surface area contributed by atoms with E-state index < -0.39 is 17.7 Å². The molecule has 0 bridgehead atoms. The average molecular weight is 491 g/mol. The molecule has 2 aromatic rings. The van der Waals surface area contributed by atoms with Crippen LogP contribution in [0.1, 0.15) is 37.4 Å². The van der Waals surface area contributed by atoms with Gasteiger partial charge in [0.25, 0.3) is 11.7 Å². The second-order valence-corrected chi connectivity index (χ2v) is 8.62. The monoisotopic (exact) mass is 490 g/mol. The van der Waals surface area contributed by atoms with Crippen molar-refractivity contribution in [3.8, 4) is 5.75 Å². The summed E-state index contributed by atoms with van der Waals surface area (Å²) in [6, 6.07) is 11.0. The van der Waals surface area contributed by atoms with Crippen LogP contribution in [-0.4, -0.2) is 59.9 Å². The Kier molecular flexibility index (Phi) is 8.40. The largest absolute Gasteiger partial charge is 0.507 e. The number of carbonyl (C=O) groups excluding carboxylic acids is 2. The van der Waals surface area contributed by atoms with E-state index in [9.17, 15) is 14.7 Å². The van der Waals surface area contributed by atoms with Crippen molar-refractivity contribution in [1.82, 2.24) is 9.80 Å². The van der Waals surface area contributed by atoms with E-state index in [0.717, 1.165) is 19.6 Å². The molecule has 1 amide bonds. The highest BCUT2D eigenvalue weighted by atomic mass is 35.5. The summed E-state index contributed by atoms with van der Waals surface area (Å²) in [6.45, 7) is 7.16. The fraction of sp³-hybridized carbons (Fsp3) is 0.360. The van der Waals surface area contributed by atoms with Crippen LogP contribution in [0.5, 0.6) is 5.75 Å². The zero-order chi connectivity index (χ0) is 24.1. The molecule has 1 atom stereocenters. The van der Waals surface area contributed by atoms with Crippen LogP contribution in [0, 0.1) is 0 Å². The van der Waals surface area contributed by atoms with Crippen molar-refractivity contribution in [3.05, 3.63) is 69.2 Å². The number of ketones is 1. The van der Waals surface area contributed by atoms with Gasteiger partial charge >= 0.3 is 0 Å². The van der Waals surface area contributed by atoms with Gasteiger partial charge in [-0.15, -0.1) is 0 Å². The fourth-order valence-electron chi connectivity index (χ4n) is 4.11. The smallest absolute Gasteiger partial charge is 0.295 e. The number of Topliss-reactive ketones (excluding diaryl/α,β-unsaturated/α-hetero) is 1. The quantitative estimate of drug-likeness (QED) is 0.298. The third-order valence-corrected chi connectivity index (χ3v) is 6.43. The number of carbonyl (C=O) groups is 2. The summed E-state index contributed by atoms with van der Waals surface area (Å²) in [6.07, 6.45) is 0.695. The van der Waals surface area contributed by atoms with Gasteiger partial charge in [0.2, 0.25) is 0 Å². The molecule has 1 aliphatic rings. The van der Waals surface area contributed by atoms with Crippen LogP contribution in [-0.2, 0) is 9.59 Å². The Hall–Kier alpha value is -2.54. The minimum atomic E-state index is -0.749. The summed E-state index contributed by atoms with van der Waals surface area (Å²) < 4.78 is 5.17. The number of ether oxygens (including phenoxy) is 1. The number of amides is 1. The predicted octanol–water partition coefficient (Wildman–Crippen LogP) is 5.16. The van der Waals surface area contributed by atoms with Gasteiger partial charge in [-0.25, -0.2) is 0 Å². The molecular weight excluding hydrogens is 463 g/mol. The summed E-state index contributed by atoms with van der Waals surface area (Å²) in [7, 11) is 1.49. The number of aliphatic hydroxyl groups is 1. The molecule has 33 heavy (non-hydrogen) atoms. The first-order chi connectivity index (χ1) is 15.8. The Morgan fingerprint density at radius 2 is 1.85 bits per heavy atom. The molecule has 8 heteroatoms. The molecule has 3 rings (SSSR count). The summed E-state index contributed by atoms with van der Waals surface area (Å²) in [5, 5.41) is 11.9. The fourth-order valence-corrected chi connectivity index (χ4v) is 4.56. The lowest BCUT2D eigenvalue weighted by Crippen LogP contribution is -2.33. The Balaban J connectivity index is 2.05. The average Bonchev–Trinajstić information content (AvgIpc) is 3.06. The number of benzene rings is 2. The number of methoxy groups -OCH3 is 1.